The quantitative estimate of drug-likeness (QED) is 0.552. The third kappa shape index (κ3) is 3.12. The number of aromatic nitrogens is 2. The largest absolute Gasteiger partial charge is 0.505 e. The van der Waals surface area contributed by atoms with Crippen LogP contribution >= 0.6 is 0 Å². The molecule has 0 radical (unpaired) electrons. The summed E-state index contributed by atoms with van der Waals surface area (Å²) in [6.07, 6.45) is 1.68. The Morgan fingerprint density at radius 1 is 1.00 bits per heavy atom. The summed E-state index contributed by atoms with van der Waals surface area (Å²) in [5, 5.41) is 14.8. The molecule has 0 aliphatic carbocycles. The van der Waals surface area contributed by atoms with Gasteiger partial charge in [-0.15, -0.1) is 0 Å². The number of nitrogens with one attached hydrogen (secondary N) is 1. The number of benzene rings is 3. The van der Waals surface area contributed by atoms with Crippen LogP contribution in [0, 0.1) is 5.82 Å². The van der Waals surface area contributed by atoms with Crippen molar-refractivity contribution in [2.24, 2.45) is 0 Å². The van der Waals surface area contributed by atoms with Gasteiger partial charge < -0.3 is 5.11 Å². The van der Waals surface area contributed by atoms with Gasteiger partial charge in [-0.2, -0.15) is 5.10 Å². The molecule has 0 atom stereocenters. The minimum atomic E-state index is -3.48. The molecule has 142 valence electrons. The fourth-order valence-corrected chi connectivity index (χ4v) is 3.73. The number of aromatic hydroxyl groups is 1. The molecule has 3 aromatic carbocycles. The van der Waals surface area contributed by atoms with Gasteiger partial charge in [0.2, 0.25) is 10.0 Å². The smallest absolute Gasteiger partial charge is 0.240 e. The average Bonchev–Trinajstić information content (AvgIpc) is 3.13. The first kappa shape index (κ1) is 18.1. The van der Waals surface area contributed by atoms with Crippen molar-refractivity contribution >= 4 is 20.9 Å². The molecule has 8 heteroatoms. The zero-order valence-electron chi connectivity index (χ0n) is 14.8. The van der Waals surface area contributed by atoms with E-state index in [-0.39, 0.29) is 4.90 Å². The minimum Gasteiger partial charge on any atom is -0.505 e. The highest BCUT2D eigenvalue weighted by molar-refractivity contribution is 7.89. The molecule has 0 aliphatic heterocycles. The summed E-state index contributed by atoms with van der Waals surface area (Å²) in [7, 11) is -2.11. The van der Waals surface area contributed by atoms with Crippen LogP contribution in [0.25, 0.3) is 27.7 Å². The Kier molecular flexibility index (Phi) is 4.37. The second-order valence-electron chi connectivity index (χ2n) is 6.20. The number of rotatable bonds is 4. The van der Waals surface area contributed by atoms with Crippen molar-refractivity contribution in [3.05, 3.63) is 72.7 Å². The Hall–Kier alpha value is -3.23. The maximum atomic E-state index is 13.3. The summed E-state index contributed by atoms with van der Waals surface area (Å²) in [6.45, 7) is 0. The van der Waals surface area contributed by atoms with Crippen LogP contribution < -0.4 is 4.72 Å². The van der Waals surface area contributed by atoms with E-state index in [1.54, 1.807) is 35.1 Å². The fraction of sp³-hybridized carbons (Fsp3) is 0.0500. The molecule has 4 aromatic rings. The van der Waals surface area contributed by atoms with Gasteiger partial charge in [0.25, 0.3) is 0 Å². The highest BCUT2D eigenvalue weighted by atomic mass is 32.2. The number of phenolic OH excluding ortho intramolecular Hbond substituents is 1. The first-order valence-electron chi connectivity index (χ1n) is 8.40. The molecule has 4 rings (SSSR count). The Morgan fingerprint density at radius 2 is 1.71 bits per heavy atom. The number of sulfonamides is 1. The van der Waals surface area contributed by atoms with Crippen LogP contribution in [0.1, 0.15) is 0 Å². The molecule has 0 aliphatic rings. The van der Waals surface area contributed by atoms with E-state index in [1.807, 2.05) is 18.2 Å². The summed E-state index contributed by atoms with van der Waals surface area (Å²) in [4.78, 5) is 0.198. The van der Waals surface area contributed by atoms with Gasteiger partial charge in [-0.25, -0.2) is 22.2 Å². The molecule has 2 N–H and O–H groups in total. The van der Waals surface area contributed by atoms with E-state index >= 15 is 0 Å². The zero-order valence-corrected chi connectivity index (χ0v) is 15.6. The van der Waals surface area contributed by atoms with Crippen molar-refractivity contribution in [1.29, 1.82) is 0 Å². The lowest BCUT2D eigenvalue weighted by molar-refractivity contribution is 0.432. The van der Waals surface area contributed by atoms with Gasteiger partial charge in [-0.1, -0.05) is 18.2 Å². The Bertz CT molecular complexity index is 1280. The van der Waals surface area contributed by atoms with Crippen molar-refractivity contribution in [2.45, 2.75) is 4.90 Å². The summed E-state index contributed by atoms with van der Waals surface area (Å²) in [6, 6.07) is 16.3. The van der Waals surface area contributed by atoms with E-state index in [0.29, 0.717) is 5.69 Å². The maximum absolute atomic E-state index is 13.3. The van der Waals surface area contributed by atoms with Crippen molar-refractivity contribution in [3.8, 4) is 22.6 Å². The lowest BCUT2D eigenvalue weighted by atomic mass is 10.0. The minimum absolute atomic E-state index is 0.198. The second-order valence-corrected chi connectivity index (χ2v) is 8.08. The average molecular weight is 397 g/mol. The molecule has 0 unspecified atom stereocenters. The van der Waals surface area contributed by atoms with Gasteiger partial charge in [-0.3, -0.25) is 0 Å². The fourth-order valence-electron chi connectivity index (χ4n) is 3.00. The van der Waals surface area contributed by atoms with E-state index in [9.17, 15) is 17.9 Å². The predicted molar refractivity (Wildman–Crippen MR) is 104 cm³/mol. The van der Waals surface area contributed by atoms with E-state index < -0.39 is 21.6 Å². The van der Waals surface area contributed by atoms with Crippen molar-refractivity contribution in [1.82, 2.24) is 14.5 Å². The standard InChI is InChI=1S/C20H16FN3O3S/c1-22-28(26,27)17-6-2-13(3-7-17)14-4-9-19-15(10-14)12-23-24(19)16-5-8-18(21)20(25)11-16/h2-12,22,25H,1H3. The number of fused-ring (bicyclic) bond motifs is 1. The van der Waals surface area contributed by atoms with E-state index in [4.69, 9.17) is 0 Å². The summed E-state index contributed by atoms with van der Waals surface area (Å²) >= 11 is 0. The molecule has 0 amide bonds. The Labute approximate surface area is 160 Å². The molecule has 0 saturated carbocycles. The number of halogens is 1. The van der Waals surface area contributed by atoms with Gasteiger partial charge in [0, 0.05) is 11.5 Å². The molecular weight excluding hydrogens is 381 g/mol. The SMILES string of the molecule is CNS(=O)(=O)c1ccc(-c2ccc3c(cnn3-c3ccc(F)c(O)c3)c2)cc1. The lowest BCUT2D eigenvalue weighted by Crippen LogP contribution is -2.18. The lowest BCUT2D eigenvalue weighted by Gasteiger charge is -2.07. The van der Waals surface area contributed by atoms with E-state index in [1.165, 1.54) is 25.2 Å². The number of hydrogen-bond donors (Lipinski definition) is 2. The van der Waals surface area contributed by atoms with Gasteiger partial charge in [0.1, 0.15) is 0 Å². The molecule has 1 aromatic heterocycles. The zero-order chi connectivity index (χ0) is 19.9. The summed E-state index contributed by atoms with van der Waals surface area (Å²) < 4.78 is 40.9. The van der Waals surface area contributed by atoms with Crippen molar-refractivity contribution in [3.63, 3.8) is 0 Å². The number of phenols is 1. The normalized spacial score (nSPS) is 11.8. The highest BCUT2D eigenvalue weighted by Crippen LogP contribution is 2.28. The van der Waals surface area contributed by atoms with Gasteiger partial charge >= 0.3 is 0 Å². The molecule has 0 bridgehead atoms. The topological polar surface area (TPSA) is 84.2 Å². The highest BCUT2D eigenvalue weighted by Gasteiger charge is 2.12. The monoisotopic (exact) mass is 397 g/mol. The third-order valence-electron chi connectivity index (χ3n) is 4.51. The first-order chi connectivity index (χ1) is 13.4. The van der Waals surface area contributed by atoms with Crippen LogP contribution in [0.5, 0.6) is 5.75 Å². The summed E-state index contributed by atoms with van der Waals surface area (Å²) in [5.74, 6) is -1.12. The van der Waals surface area contributed by atoms with E-state index in [2.05, 4.69) is 9.82 Å². The summed E-state index contributed by atoms with van der Waals surface area (Å²) in [5.41, 5.74) is 3.11. The van der Waals surface area contributed by atoms with Crippen LogP contribution in [0.3, 0.4) is 0 Å². The van der Waals surface area contributed by atoms with Gasteiger partial charge in [0.05, 0.1) is 22.3 Å². The molecule has 28 heavy (non-hydrogen) atoms. The molecule has 0 spiro atoms. The van der Waals surface area contributed by atoms with Crippen LogP contribution in [-0.4, -0.2) is 30.4 Å². The molecular formula is C20H16FN3O3S. The Balaban J connectivity index is 1.72. The predicted octanol–water partition coefficient (Wildman–Crippen LogP) is 3.45. The Morgan fingerprint density at radius 3 is 2.39 bits per heavy atom. The number of hydrogen-bond acceptors (Lipinski definition) is 4. The van der Waals surface area contributed by atoms with Crippen LogP contribution in [0.2, 0.25) is 0 Å². The molecule has 6 nitrogen and oxygen atoms in total. The first-order valence-corrected chi connectivity index (χ1v) is 9.88. The molecule has 0 saturated heterocycles. The van der Waals surface area contributed by atoms with Crippen LogP contribution in [-0.2, 0) is 10.0 Å². The van der Waals surface area contributed by atoms with Crippen LogP contribution in [0.4, 0.5) is 4.39 Å². The van der Waals surface area contributed by atoms with Crippen molar-refractivity contribution in [2.75, 3.05) is 7.05 Å². The third-order valence-corrected chi connectivity index (χ3v) is 5.94. The van der Waals surface area contributed by atoms with Gasteiger partial charge in [-0.05, 0) is 54.6 Å². The van der Waals surface area contributed by atoms with Crippen molar-refractivity contribution < 1.29 is 17.9 Å². The molecule has 1 heterocycles. The second kappa shape index (κ2) is 6.74. The number of nitrogens with zero attached hydrogens (tertiary/aromatic N) is 2. The van der Waals surface area contributed by atoms with Crippen LogP contribution in [0.15, 0.2) is 71.8 Å². The maximum Gasteiger partial charge on any atom is 0.240 e. The molecule has 0 fully saturated rings. The van der Waals surface area contributed by atoms with Gasteiger partial charge in [0.15, 0.2) is 11.6 Å². The van der Waals surface area contributed by atoms with E-state index in [0.717, 1.165) is 22.0 Å².